The zero-order valence-electron chi connectivity index (χ0n) is 18.5. The predicted octanol–water partition coefficient (Wildman–Crippen LogP) is 4.91. The fourth-order valence-electron chi connectivity index (χ4n) is 2.99. The molecule has 0 aliphatic rings. The van der Waals surface area contributed by atoms with Crippen LogP contribution < -0.4 is 20.2 Å². The molecule has 3 aromatic carbocycles. The van der Waals surface area contributed by atoms with Gasteiger partial charge < -0.3 is 14.8 Å². The van der Waals surface area contributed by atoms with Crippen LogP contribution in [-0.4, -0.2) is 25.1 Å². The lowest BCUT2D eigenvalue weighted by Crippen LogP contribution is -2.39. The maximum Gasteiger partial charge on any atom is 0.329 e. The van der Waals surface area contributed by atoms with Crippen LogP contribution >= 0.6 is 23.2 Å². The van der Waals surface area contributed by atoms with Crippen LogP contribution in [0.25, 0.3) is 0 Å². The molecule has 2 N–H and O–H groups in total. The summed E-state index contributed by atoms with van der Waals surface area (Å²) in [5.74, 6) is -0.923. The molecule has 34 heavy (non-hydrogen) atoms. The number of nitrogens with one attached hydrogen (secondary N) is 2. The monoisotopic (exact) mass is 499 g/mol. The van der Waals surface area contributed by atoms with Crippen molar-refractivity contribution in [3.05, 3.63) is 93.5 Å². The van der Waals surface area contributed by atoms with Gasteiger partial charge in [-0.15, -0.1) is 0 Å². The number of benzene rings is 3. The molecule has 0 heterocycles. The van der Waals surface area contributed by atoms with Crippen molar-refractivity contribution >= 4 is 41.2 Å². The SMILES string of the molecule is COc1cc(/C=N\NC(=O)C(=O)N[C@@H](C)c2ccccc2)cc(Cl)c1OCc1ccc(Cl)cc1. The van der Waals surface area contributed by atoms with Crippen molar-refractivity contribution in [1.82, 2.24) is 10.7 Å². The Hall–Kier alpha value is -3.55. The molecule has 0 aliphatic carbocycles. The number of methoxy groups -OCH3 is 1. The van der Waals surface area contributed by atoms with Crippen molar-refractivity contribution in [2.75, 3.05) is 7.11 Å². The molecule has 0 saturated carbocycles. The number of halogens is 2. The number of carbonyl (C=O) groups excluding carboxylic acids is 2. The molecule has 0 bridgehead atoms. The van der Waals surface area contributed by atoms with Crippen LogP contribution in [0.3, 0.4) is 0 Å². The molecule has 9 heteroatoms. The average Bonchev–Trinajstić information content (AvgIpc) is 2.84. The van der Waals surface area contributed by atoms with Gasteiger partial charge in [-0.05, 0) is 47.9 Å². The van der Waals surface area contributed by atoms with Gasteiger partial charge in [0.05, 0.1) is 24.4 Å². The smallest absolute Gasteiger partial charge is 0.329 e. The van der Waals surface area contributed by atoms with Crippen LogP contribution in [0, 0.1) is 0 Å². The molecule has 2 amide bonds. The minimum absolute atomic E-state index is 0.271. The summed E-state index contributed by atoms with van der Waals surface area (Å²) < 4.78 is 11.2. The predicted molar refractivity (Wildman–Crippen MR) is 133 cm³/mol. The van der Waals surface area contributed by atoms with Gasteiger partial charge in [0.15, 0.2) is 11.5 Å². The van der Waals surface area contributed by atoms with Gasteiger partial charge in [0.1, 0.15) is 6.61 Å². The molecule has 0 fully saturated rings. The molecule has 0 aliphatic heterocycles. The van der Waals surface area contributed by atoms with E-state index in [9.17, 15) is 9.59 Å². The molecule has 3 rings (SSSR count). The Morgan fingerprint density at radius 1 is 1.03 bits per heavy atom. The van der Waals surface area contributed by atoms with Crippen molar-refractivity contribution in [2.45, 2.75) is 19.6 Å². The Morgan fingerprint density at radius 3 is 2.41 bits per heavy atom. The zero-order valence-corrected chi connectivity index (χ0v) is 20.1. The summed E-state index contributed by atoms with van der Waals surface area (Å²) in [6.45, 7) is 2.06. The Labute approximate surface area is 207 Å². The van der Waals surface area contributed by atoms with Gasteiger partial charge in [0, 0.05) is 5.02 Å². The number of hydrazone groups is 1. The first-order valence-corrected chi connectivity index (χ1v) is 11.1. The van der Waals surface area contributed by atoms with Crippen LogP contribution in [0.4, 0.5) is 0 Å². The highest BCUT2D eigenvalue weighted by Gasteiger charge is 2.16. The minimum atomic E-state index is -0.889. The van der Waals surface area contributed by atoms with Gasteiger partial charge >= 0.3 is 11.8 Å². The minimum Gasteiger partial charge on any atom is -0.493 e. The van der Waals surface area contributed by atoms with E-state index in [4.69, 9.17) is 32.7 Å². The van der Waals surface area contributed by atoms with Gasteiger partial charge in [0.2, 0.25) is 0 Å². The molecule has 0 aromatic heterocycles. The third-order valence-corrected chi connectivity index (χ3v) is 5.31. The first kappa shape index (κ1) is 25.1. The summed E-state index contributed by atoms with van der Waals surface area (Å²) in [4.78, 5) is 24.2. The van der Waals surface area contributed by atoms with E-state index in [1.54, 1.807) is 31.2 Å². The molecule has 0 radical (unpaired) electrons. The highest BCUT2D eigenvalue weighted by atomic mass is 35.5. The molecule has 1 atom stereocenters. The standard InChI is InChI=1S/C25H23Cl2N3O4/c1-16(19-6-4-3-5-7-19)29-24(31)25(32)30-28-14-18-12-21(27)23(22(13-18)33-2)34-15-17-8-10-20(26)11-9-17/h3-14,16H,15H2,1-2H3,(H,29,31)(H,30,32)/b28-14-/t16-/m0/s1. The quantitative estimate of drug-likeness (QED) is 0.261. The normalized spacial score (nSPS) is 11.6. The van der Waals surface area contributed by atoms with E-state index in [0.29, 0.717) is 27.1 Å². The second-order valence-corrected chi connectivity index (χ2v) is 8.10. The van der Waals surface area contributed by atoms with Crippen molar-refractivity contribution < 1.29 is 19.1 Å². The van der Waals surface area contributed by atoms with Crippen molar-refractivity contribution in [3.8, 4) is 11.5 Å². The summed E-state index contributed by atoms with van der Waals surface area (Å²) in [6, 6.07) is 19.5. The number of hydrogen-bond acceptors (Lipinski definition) is 5. The van der Waals surface area contributed by atoms with Crippen molar-refractivity contribution in [3.63, 3.8) is 0 Å². The first-order chi connectivity index (χ1) is 16.4. The third-order valence-electron chi connectivity index (χ3n) is 4.78. The Bertz CT molecular complexity index is 1170. The molecule has 0 saturated heterocycles. The van der Waals surface area contributed by atoms with Gasteiger partial charge in [-0.3, -0.25) is 9.59 Å². The van der Waals surface area contributed by atoms with Crippen LogP contribution in [0.5, 0.6) is 11.5 Å². The number of ether oxygens (including phenoxy) is 2. The number of carbonyl (C=O) groups is 2. The molecular formula is C25H23Cl2N3O4. The lowest BCUT2D eigenvalue weighted by molar-refractivity contribution is -0.139. The first-order valence-electron chi connectivity index (χ1n) is 10.3. The fraction of sp³-hybridized carbons (Fsp3) is 0.160. The Kier molecular flexibility index (Phi) is 8.90. The van der Waals surface area contributed by atoms with Crippen molar-refractivity contribution in [1.29, 1.82) is 0 Å². The highest BCUT2D eigenvalue weighted by molar-refractivity contribution is 6.35. The van der Waals surface area contributed by atoms with E-state index in [-0.39, 0.29) is 12.6 Å². The summed E-state index contributed by atoms with van der Waals surface area (Å²) >= 11 is 12.3. The summed E-state index contributed by atoms with van der Waals surface area (Å²) in [7, 11) is 1.49. The van der Waals surface area contributed by atoms with Gasteiger partial charge in [-0.2, -0.15) is 5.10 Å². The number of hydrogen-bond donors (Lipinski definition) is 2. The molecule has 176 valence electrons. The maximum absolute atomic E-state index is 12.1. The zero-order chi connectivity index (χ0) is 24.5. The lowest BCUT2D eigenvalue weighted by atomic mass is 10.1. The van der Waals surface area contributed by atoms with E-state index in [2.05, 4.69) is 15.8 Å². The average molecular weight is 500 g/mol. The van der Waals surface area contributed by atoms with Gasteiger partial charge in [-0.1, -0.05) is 65.7 Å². The van der Waals surface area contributed by atoms with Crippen LogP contribution in [0.15, 0.2) is 71.8 Å². The van der Waals surface area contributed by atoms with Gasteiger partial charge in [-0.25, -0.2) is 5.43 Å². The fourth-order valence-corrected chi connectivity index (χ4v) is 3.39. The molecule has 0 spiro atoms. The Morgan fingerprint density at radius 2 is 1.74 bits per heavy atom. The number of amides is 2. The molecule has 0 unspecified atom stereocenters. The van der Waals surface area contributed by atoms with Crippen molar-refractivity contribution in [2.24, 2.45) is 5.10 Å². The summed E-state index contributed by atoms with van der Waals surface area (Å²) in [5, 5.41) is 7.40. The van der Waals surface area contributed by atoms with Crippen LogP contribution in [0.1, 0.15) is 29.7 Å². The molecule has 3 aromatic rings. The lowest BCUT2D eigenvalue weighted by Gasteiger charge is -2.13. The van der Waals surface area contributed by atoms with E-state index >= 15 is 0 Å². The highest BCUT2D eigenvalue weighted by Crippen LogP contribution is 2.36. The second kappa shape index (κ2) is 12.1. The largest absolute Gasteiger partial charge is 0.493 e. The molecule has 7 nitrogen and oxygen atoms in total. The second-order valence-electron chi connectivity index (χ2n) is 7.25. The van der Waals surface area contributed by atoms with E-state index in [1.807, 2.05) is 42.5 Å². The van der Waals surface area contributed by atoms with Crippen LogP contribution in [-0.2, 0) is 16.2 Å². The summed E-state index contributed by atoms with van der Waals surface area (Å²) in [5.41, 5.74) is 4.54. The maximum atomic E-state index is 12.1. The van der Waals surface area contributed by atoms with E-state index < -0.39 is 11.8 Å². The summed E-state index contributed by atoms with van der Waals surface area (Å²) in [6.07, 6.45) is 1.35. The third kappa shape index (κ3) is 6.97. The number of nitrogens with zero attached hydrogens (tertiary/aromatic N) is 1. The van der Waals surface area contributed by atoms with E-state index in [0.717, 1.165) is 11.1 Å². The van der Waals surface area contributed by atoms with Crippen LogP contribution in [0.2, 0.25) is 10.0 Å². The van der Waals surface area contributed by atoms with E-state index in [1.165, 1.54) is 13.3 Å². The number of rotatable bonds is 8. The Balaban J connectivity index is 1.59. The van der Waals surface area contributed by atoms with Gasteiger partial charge in [0.25, 0.3) is 0 Å². The topological polar surface area (TPSA) is 89.0 Å². The molecular weight excluding hydrogens is 477 g/mol.